The molecule has 17 heteroatoms. The van der Waals surface area contributed by atoms with Gasteiger partial charge in [0.15, 0.2) is 0 Å². The lowest BCUT2D eigenvalue weighted by atomic mass is 9.90. The van der Waals surface area contributed by atoms with Crippen molar-refractivity contribution in [3.05, 3.63) is 87.6 Å². The zero-order valence-electron chi connectivity index (χ0n) is 26.5. The van der Waals surface area contributed by atoms with Crippen LogP contribution < -0.4 is 16.2 Å². The van der Waals surface area contributed by atoms with Crippen molar-refractivity contribution in [3.8, 4) is 16.8 Å². The molecule has 1 saturated carbocycles. The third-order valence-corrected chi connectivity index (χ3v) is 11.1. The molecule has 2 aromatic heterocycles. The average Bonchev–Trinajstić information content (AvgIpc) is 3.83. The number of carbonyl (C=O) groups excluding carboxylic acids is 2. The smallest absolute Gasteiger partial charge is 0.411 e. The number of H-pyrrole nitrogens is 1. The predicted molar refractivity (Wildman–Crippen MR) is 181 cm³/mol. The number of amides is 2. The molecule has 2 aliphatic rings. The van der Waals surface area contributed by atoms with Gasteiger partial charge in [-0.3, -0.25) is 14.9 Å². The zero-order chi connectivity index (χ0) is 34.5. The molecule has 2 amide bonds. The number of rotatable bonds is 11. The molecule has 256 valence electrons. The van der Waals surface area contributed by atoms with Crippen LogP contribution >= 0.6 is 11.6 Å². The summed E-state index contributed by atoms with van der Waals surface area (Å²) in [6.45, 7) is 0.809. The maximum atomic E-state index is 13.5. The molecule has 1 saturated heterocycles. The molecule has 0 radical (unpaired) electrons. The summed E-state index contributed by atoms with van der Waals surface area (Å²) in [6.07, 6.45) is 6.95. The lowest BCUT2D eigenvalue weighted by Gasteiger charge is -2.33. The SMILES string of the molecule is COC(=O)Nc1ccc(-c2cc(C(C[C@@H]3CCCN(S(=O)(=O)C4CC4)C3)NC(=O)/C=C/c3cc(Cl)ccc3-n3cnnn3)n[nH]c2=O)cc1. The standard InChI is InChI=1S/C32H34ClN9O6S/c1-48-32(45)35-24-8-4-21(5-9-24)26-17-28(37-38-31(26)44)27(15-20-3-2-14-41(18-20)49(46,47)25-10-11-25)36-30(43)13-6-22-16-23(33)7-12-29(22)42-19-34-39-40-42/h4-9,12-13,16-17,19-20,25,27H,2-3,10-11,14-15,18H2,1H3,(H,35,45)(H,36,43)(H,38,44)/b13-6+/t20-,27?/m0/s1. The van der Waals surface area contributed by atoms with Gasteiger partial charge in [-0.25, -0.2) is 22.6 Å². The number of nitrogens with zero attached hydrogens (tertiary/aromatic N) is 6. The van der Waals surface area contributed by atoms with Crippen LogP contribution in [0.25, 0.3) is 22.9 Å². The Morgan fingerprint density at radius 3 is 2.65 bits per heavy atom. The Morgan fingerprint density at radius 2 is 1.94 bits per heavy atom. The van der Waals surface area contributed by atoms with Crippen molar-refractivity contribution < 1.29 is 22.7 Å². The van der Waals surface area contributed by atoms with Crippen LogP contribution in [-0.2, 0) is 19.6 Å². The van der Waals surface area contributed by atoms with Crippen LogP contribution in [0.5, 0.6) is 0 Å². The number of aromatic nitrogens is 6. The van der Waals surface area contributed by atoms with Gasteiger partial charge in [-0.15, -0.1) is 5.10 Å². The number of benzene rings is 2. The van der Waals surface area contributed by atoms with Gasteiger partial charge in [-0.05, 0) is 96.5 Å². The van der Waals surface area contributed by atoms with E-state index in [4.69, 9.17) is 11.6 Å². The molecule has 1 aliphatic carbocycles. The first-order valence-electron chi connectivity index (χ1n) is 15.7. The van der Waals surface area contributed by atoms with E-state index in [0.717, 1.165) is 6.42 Å². The van der Waals surface area contributed by atoms with Crippen LogP contribution in [0.1, 0.15) is 49.4 Å². The molecular weight excluding hydrogens is 674 g/mol. The van der Waals surface area contributed by atoms with Crippen LogP contribution in [0.4, 0.5) is 10.5 Å². The van der Waals surface area contributed by atoms with E-state index in [2.05, 4.69) is 41.1 Å². The molecule has 6 rings (SSSR count). The van der Waals surface area contributed by atoms with E-state index in [1.54, 1.807) is 58.9 Å². The van der Waals surface area contributed by atoms with Crippen molar-refractivity contribution in [1.82, 2.24) is 40.0 Å². The number of hydrogen-bond acceptors (Lipinski definition) is 10. The topological polar surface area (TPSA) is 194 Å². The van der Waals surface area contributed by atoms with Crippen molar-refractivity contribution in [2.24, 2.45) is 5.92 Å². The summed E-state index contributed by atoms with van der Waals surface area (Å²) in [4.78, 5) is 38.0. The number of hydrogen-bond donors (Lipinski definition) is 3. The summed E-state index contributed by atoms with van der Waals surface area (Å²) in [5.41, 5.74) is 2.48. The minimum Gasteiger partial charge on any atom is -0.453 e. The quantitative estimate of drug-likeness (QED) is 0.194. The largest absolute Gasteiger partial charge is 0.453 e. The van der Waals surface area contributed by atoms with Crippen molar-refractivity contribution in [2.45, 2.75) is 43.4 Å². The minimum absolute atomic E-state index is 0.0724. The van der Waals surface area contributed by atoms with E-state index >= 15 is 0 Å². The molecule has 1 aliphatic heterocycles. The van der Waals surface area contributed by atoms with Crippen LogP contribution in [0.2, 0.25) is 5.02 Å². The maximum Gasteiger partial charge on any atom is 0.411 e. The number of carbonyl (C=O) groups is 2. The van der Waals surface area contributed by atoms with Crippen LogP contribution in [0, 0.1) is 5.92 Å². The first-order valence-corrected chi connectivity index (χ1v) is 17.5. The van der Waals surface area contributed by atoms with Crippen molar-refractivity contribution >= 4 is 45.4 Å². The lowest BCUT2D eigenvalue weighted by Crippen LogP contribution is -2.42. The molecular formula is C32H34ClN9O6S. The van der Waals surface area contributed by atoms with Gasteiger partial charge < -0.3 is 10.1 Å². The minimum atomic E-state index is -3.36. The Bertz CT molecular complexity index is 2020. The van der Waals surface area contributed by atoms with Gasteiger partial charge in [-0.1, -0.05) is 23.7 Å². The highest BCUT2D eigenvalue weighted by molar-refractivity contribution is 7.90. The number of ether oxygens (including phenoxy) is 1. The van der Waals surface area contributed by atoms with Gasteiger partial charge in [-0.2, -0.15) is 9.78 Å². The second-order valence-electron chi connectivity index (χ2n) is 11.9. The normalized spacial score (nSPS) is 17.5. The van der Waals surface area contributed by atoms with Crippen LogP contribution in [-0.4, -0.2) is 80.6 Å². The number of anilines is 1. The van der Waals surface area contributed by atoms with Gasteiger partial charge in [0, 0.05) is 35.4 Å². The van der Waals surface area contributed by atoms with Crippen molar-refractivity contribution in [3.63, 3.8) is 0 Å². The average molecular weight is 708 g/mol. The molecule has 3 heterocycles. The van der Waals surface area contributed by atoms with E-state index in [1.165, 1.54) is 24.2 Å². The van der Waals surface area contributed by atoms with Crippen LogP contribution in [0.15, 0.2) is 65.7 Å². The summed E-state index contributed by atoms with van der Waals surface area (Å²) in [5.74, 6) is -0.518. The second-order valence-corrected chi connectivity index (χ2v) is 14.6. The maximum absolute atomic E-state index is 13.5. The Labute approximate surface area is 286 Å². The second kappa shape index (κ2) is 14.7. The summed E-state index contributed by atoms with van der Waals surface area (Å²) in [6, 6.07) is 12.6. The highest BCUT2D eigenvalue weighted by Gasteiger charge is 2.42. The van der Waals surface area contributed by atoms with Crippen LogP contribution in [0.3, 0.4) is 0 Å². The van der Waals surface area contributed by atoms with Crippen molar-refractivity contribution in [2.75, 3.05) is 25.5 Å². The highest BCUT2D eigenvalue weighted by Crippen LogP contribution is 2.35. The molecule has 49 heavy (non-hydrogen) atoms. The number of nitrogens with one attached hydrogen (secondary N) is 3. The summed E-state index contributed by atoms with van der Waals surface area (Å²) in [7, 11) is -2.10. The lowest BCUT2D eigenvalue weighted by molar-refractivity contribution is -0.117. The van der Waals surface area contributed by atoms with E-state index in [0.29, 0.717) is 77.6 Å². The van der Waals surface area contributed by atoms with Gasteiger partial charge >= 0.3 is 6.09 Å². The summed E-state index contributed by atoms with van der Waals surface area (Å²) in [5, 5.41) is 23.9. The highest BCUT2D eigenvalue weighted by atomic mass is 35.5. The Hall–Kier alpha value is -4.93. The van der Waals surface area contributed by atoms with E-state index < -0.39 is 33.6 Å². The Morgan fingerprint density at radius 1 is 1.14 bits per heavy atom. The van der Waals surface area contributed by atoms with E-state index in [1.807, 2.05) is 0 Å². The summed E-state index contributed by atoms with van der Waals surface area (Å²) < 4.78 is 33.8. The number of aromatic amines is 1. The number of piperidine rings is 1. The fourth-order valence-corrected chi connectivity index (χ4v) is 7.99. The fourth-order valence-electron chi connectivity index (χ4n) is 5.85. The fraction of sp³-hybridized carbons (Fsp3) is 0.344. The molecule has 2 fully saturated rings. The molecule has 1 unspecified atom stereocenters. The molecule has 2 atom stereocenters. The molecule has 15 nitrogen and oxygen atoms in total. The third-order valence-electron chi connectivity index (χ3n) is 8.48. The number of tetrazole rings is 1. The zero-order valence-corrected chi connectivity index (χ0v) is 28.0. The summed E-state index contributed by atoms with van der Waals surface area (Å²) >= 11 is 6.25. The Kier molecular flexibility index (Phi) is 10.2. The first kappa shape index (κ1) is 34.0. The Balaban J connectivity index is 1.27. The third kappa shape index (κ3) is 8.21. The number of halogens is 1. The van der Waals surface area contributed by atoms with E-state index in [9.17, 15) is 22.8 Å². The molecule has 0 bridgehead atoms. The molecule has 0 spiro atoms. The molecule has 4 aromatic rings. The molecule has 2 aromatic carbocycles. The van der Waals surface area contributed by atoms with Gasteiger partial charge in [0.1, 0.15) is 6.33 Å². The van der Waals surface area contributed by atoms with Gasteiger partial charge in [0.05, 0.1) is 35.3 Å². The monoisotopic (exact) mass is 707 g/mol. The number of sulfonamides is 1. The predicted octanol–water partition coefficient (Wildman–Crippen LogP) is 3.71. The van der Waals surface area contributed by atoms with E-state index in [-0.39, 0.29) is 11.2 Å². The first-order chi connectivity index (χ1) is 23.6. The molecule has 3 N–H and O–H groups in total. The number of methoxy groups -OCH3 is 1. The van der Waals surface area contributed by atoms with Gasteiger partial charge in [0.2, 0.25) is 15.9 Å². The van der Waals surface area contributed by atoms with Crippen molar-refractivity contribution in [1.29, 1.82) is 0 Å². The van der Waals surface area contributed by atoms with Gasteiger partial charge in [0.25, 0.3) is 5.56 Å².